The van der Waals surface area contributed by atoms with Crippen molar-refractivity contribution in [3.05, 3.63) is 35.1 Å². The fourth-order valence-corrected chi connectivity index (χ4v) is 3.77. The third-order valence-electron chi connectivity index (χ3n) is 5.03. The molecule has 2 unspecified atom stereocenters. The number of amides is 1. The zero-order valence-electron chi connectivity index (χ0n) is 15.5. The highest BCUT2D eigenvalue weighted by Crippen LogP contribution is 2.30. The molecule has 28 heavy (non-hydrogen) atoms. The van der Waals surface area contributed by atoms with E-state index in [9.17, 15) is 17.6 Å². The van der Waals surface area contributed by atoms with Crippen LogP contribution in [0.1, 0.15) is 43.7 Å². The molecular weight excluding hydrogens is 387 g/mol. The number of nitrogens with one attached hydrogen (secondary N) is 1. The predicted octanol–water partition coefficient (Wildman–Crippen LogP) is 1.78. The predicted molar refractivity (Wildman–Crippen MR) is 99.8 cm³/mol. The van der Waals surface area contributed by atoms with E-state index in [1.54, 1.807) is 12.1 Å². The lowest BCUT2D eigenvalue weighted by Gasteiger charge is -2.26. The third-order valence-corrected chi connectivity index (χ3v) is 7.02. The maximum absolute atomic E-state index is 14.5. The Balaban J connectivity index is 1.72. The van der Waals surface area contributed by atoms with Gasteiger partial charge in [-0.05, 0) is 38.0 Å². The molecule has 0 bridgehead atoms. The molecule has 0 saturated heterocycles. The molecule has 3 rings (SSSR count). The number of oxime groups is 1. The van der Waals surface area contributed by atoms with Crippen LogP contribution in [0, 0.1) is 23.6 Å². The number of sulfone groups is 1. The van der Waals surface area contributed by atoms with E-state index >= 15 is 0 Å². The van der Waals surface area contributed by atoms with Crippen molar-refractivity contribution in [2.45, 2.75) is 43.5 Å². The minimum absolute atomic E-state index is 0.133. The van der Waals surface area contributed by atoms with Crippen LogP contribution in [0.15, 0.2) is 23.4 Å². The monoisotopic (exact) mass is 408 g/mol. The molecule has 0 aromatic heterocycles. The van der Waals surface area contributed by atoms with Crippen LogP contribution in [0.5, 0.6) is 0 Å². The zero-order valence-corrected chi connectivity index (χ0v) is 16.3. The molecule has 1 aromatic carbocycles. The van der Waals surface area contributed by atoms with Crippen LogP contribution < -0.4 is 5.48 Å². The number of halogens is 1. The molecule has 1 saturated carbocycles. The molecule has 1 fully saturated rings. The second-order valence-corrected chi connectivity index (χ2v) is 9.80. The van der Waals surface area contributed by atoms with E-state index in [-0.39, 0.29) is 18.4 Å². The van der Waals surface area contributed by atoms with Crippen molar-refractivity contribution in [2.75, 3.05) is 6.26 Å². The lowest BCUT2D eigenvalue weighted by Crippen LogP contribution is -2.51. The summed E-state index contributed by atoms with van der Waals surface area (Å²) in [4.78, 5) is 17.2. The zero-order chi connectivity index (χ0) is 20.5. The van der Waals surface area contributed by atoms with Crippen LogP contribution in [0.4, 0.5) is 4.39 Å². The van der Waals surface area contributed by atoms with Gasteiger partial charge in [-0.2, -0.15) is 0 Å². The van der Waals surface area contributed by atoms with Crippen LogP contribution in [0.2, 0.25) is 0 Å². The lowest BCUT2D eigenvalue weighted by molar-refractivity contribution is -0.132. The normalized spacial score (nSPS) is 21.0. The first-order chi connectivity index (χ1) is 13.1. The summed E-state index contributed by atoms with van der Waals surface area (Å²) in [5.74, 6) is 4.87. The first-order valence-corrected chi connectivity index (χ1v) is 10.7. The van der Waals surface area contributed by atoms with Crippen LogP contribution in [0.25, 0.3) is 0 Å². The highest BCUT2D eigenvalue weighted by Gasteiger charge is 2.47. The Morgan fingerprint density at radius 1 is 1.46 bits per heavy atom. The fraction of sp³-hybridized carbons (Fsp3) is 0.474. The molecule has 0 spiro atoms. The average Bonchev–Trinajstić information content (AvgIpc) is 3.36. The van der Waals surface area contributed by atoms with E-state index in [1.165, 1.54) is 18.5 Å². The molecule has 7 nitrogen and oxygen atoms in total. The minimum Gasteiger partial charge on any atom is -0.392 e. The van der Waals surface area contributed by atoms with Gasteiger partial charge in [-0.1, -0.05) is 17.0 Å². The number of hydroxylamine groups is 1. The molecule has 150 valence electrons. The molecule has 2 aliphatic rings. The topological polar surface area (TPSA) is 105 Å². The van der Waals surface area contributed by atoms with Crippen molar-refractivity contribution in [1.82, 2.24) is 5.48 Å². The molecule has 9 heteroatoms. The van der Waals surface area contributed by atoms with Gasteiger partial charge < -0.3 is 4.84 Å². The van der Waals surface area contributed by atoms with E-state index in [4.69, 9.17) is 10.0 Å². The van der Waals surface area contributed by atoms with Gasteiger partial charge in [-0.3, -0.25) is 10.0 Å². The first kappa shape index (κ1) is 20.3. The SMILES string of the molecule is CC(CC1CC(c2ccc(C#CC3CC3)cc2F)=NO1)(C(=O)NO)S(C)(=O)=O. The number of carbonyl (C=O) groups is 1. The molecule has 0 radical (unpaired) electrons. The van der Waals surface area contributed by atoms with Crippen molar-refractivity contribution in [1.29, 1.82) is 0 Å². The Hall–Kier alpha value is -2.44. The van der Waals surface area contributed by atoms with E-state index in [0.29, 0.717) is 17.2 Å². The molecule has 1 amide bonds. The van der Waals surface area contributed by atoms with Crippen LogP contribution in [-0.2, 0) is 19.5 Å². The van der Waals surface area contributed by atoms with Crippen molar-refractivity contribution >= 4 is 21.5 Å². The molecule has 1 aliphatic carbocycles. The maximum atomic E-state index is 14.5. The van der Waals surface area contributed by atoms with Gasteiger partial charge in [0.05, 0.1) is 5.71 Å². The molecular formula is C19H21FN2O5S. The standard InChI is InChI=1S/C19H21FN2O5S/c1-19(18(23)21-24,28(2,25)26)11-14-10-17(22-27-14)15-8-7-13(9-16(15)20)6-5-12-3-4-12/h7-9,12,14,24H,3-4,10-11H2,1-2H3,(H,21,23). The molecule has 2 atom stereocenters. The summed E-state index contributed by atoms with van der Waals surface area (Å²) in [7, 11) is -3.86. The van der Waals surface area contributed by atoms with E-state index in [1.807, 2.05) is 0 Å². The van der Waals surface area contributed by atoms with Gasteiger partial charge in [-0.15, -0.1) is 0 Å². The van der Waals surface area contributed by atoms with E-state index < -0.39 is 32.4 Å². The highest BCUT2D eigenvalue weighted by molar-refractivity contribution is 7.92. The van der Waals surface area contributed by atoms with Gasteiger partial charge in [0, 0.05) is 36.1 Å². The van der Waals surface area contributed by atoms with Crippen molar-refractivity contribution in [2.24, 2.45) is 11.1 Å². The number of carbonyl (C=O) groups excluding carboxylic acids is 1. The summed E-state index contributed by atoms with van der Waals surface area (Å²) in [5.41, 5.74) is 2.53. The molecule has 1 aliphatic heterocycles. The number of hydrogen-bond acceptors (Lipinski definition) is 6. The second kappa shape index (κ2) is 7.53. The molecule has 1 heterocycles. The second-order valence-electron chi connectivity index (χ2n) is 7.36. The lowest BCUT2D eigenvalue weighted by atomic mass is 9.96. The van der Waals surface area contributed by atoms with Gasteiger partial charge >= 0.3 is 0 Å². The van der Waals surface area contributed by atoms with Crippen molar-refractivity contribution in [3.63, 3.8) is 0 Å². The summed E-state index contributed by atoms with van der Waals surface area (Å²) < 4.78 is 36.7. The van der Waals surface area contributed by atoms with E-state index in [0.717, 1.165) is 19.1 Å². The van der Waals surface area contributed by atoms with Gasteiger partial charge in [-0.25, -0.2) is 18.3 Å². The summed E-state index contributed by atoms with van der Waals surface area (Å²) in [6.07, 6.45) is 2.22. The maximum Gasteiger partial charge on any atom is 0.264 e. The van der Waals surface area contributed by atoms with Crippen molar-refractivity contribution < 1.29 is 27.6 Å². The molecule has 1 aromatic rings. The summed E-state index contributed by atoms with van der Waals surface area (Å²) >= 11 is 0. The van der Waals surface area contributed by atoms with Crippen LogP contribution >= 0.6 is 0 Å². The number of hydrogen-bond donors (Lipinski definition) is 2. The minimum atomic E-state index is -3.86. The number of benzene rings is 1. The molecule has 2 N–H and O–H groups in total. The van der Waals surface area contributed by atoms with Crippen LogP contribution in [-0.4, -0.2) is 42.4 Å². The van der Waals surface area contributed by atoms with E-state index in [2.05, 4.69) is 17.0 Å². The summed E-state index contributed by atoms with van der Waals surface area (Å²) in [5, 5.41) is 12.8. The van der Waals surface area contributed by atoms with Gasteiger partial charge in [0.15, 0.2) is 14.6 Å². The van der Waals surface area contributed by atoms with Crippen molar-refractivity contribution in [3.8, 4) is 11.8 Å². The smallest absolute Gasteiger partial charge is 0.264 e. The number of nitrogens with zero attached hydrogens (tertiary/aromatic N) is 1. The number of rotatable bonds is 5. The average molecular weight is 408 g/mol. The Morgan fingerprint density at radius 3 is 2.75 bits per heavy atom. The Bertz CT molecular complexity index is 991. The van der Waals surface area contributed by atoms with Crippen LogP contribution in [0.3, 0.4) is 0 Å². The summed E-state index contributed by atoms with van der Waals surface area (Å²) in [6, 6.07) is 4.59. The fourth-order valence-electron chi connectivity index (χ4n) is 2.90. The Labute approximate surface area is 162 Å². The largest absolute Gasteiger partial charge is 0.392 e. The Kier molecular flexibility index (Phi) is 5.46. The van der Waals surface area contributed by atoms with Gasteiger partial charge in [0.1, 0.15) is 11.9 Å². The quantitative estimate of drug-likeness (QED) is 0.439. The third kappa shape index (κ3) is 4.18. The van der Waals surface area contributed by atoms with Gasteiger partial charge in [0.2, 0.25) is 0 Å². The highest BCUT2D eigenvalue weighted by atomic mass is 32.2. The Morgan fingerprint density at radius 2 is 2.18 bits per heavy atom. The summed E-state index contributed by atoms with van der Waals surface area (Å²) in [6.45, 7) is 1.20. The van der Waals surface area contributed by atoms with Gasteiger partial charge in [0.25, 0.3) is 5.91 Å². The first-order valence-electron chi connectivity index (χ1n) is 8.82.